The highest BCUT2D eigenvalue weighted by molar-refractivity contribution is 7.80. The summed E-state index contributed by atoms with van der Waals surface area (Å²) in [6.07, 6.45) is 24.0. The van der Waals surface area contributed by atoms with E-state index in [2.05, 4.69) is 43.8 Å². The Morgan fingerprint density at radius 2 is 1.58 bits per heavy atom. The van der Waals surface area contributed by atoms with E-state index in [-0.39, 0.29) is 0 Å². The van der Waals surface area contributed by atoms with Gasteiger partial charge in [-0.05, 0) is 42.8 Å². The molecule has 2 rings (SSSR count). The van der Waals surface area contributed by atoms with E-state index >= 15 is 0 Å². The van der Waals surface area contributed by atoms with Gasteiger partial charge in [-0.3, -0.25) is 4.98 Å². The van der Waals surface area contributed by atoms with Crippen LogP contribution in [0.25, 0.3) is 0 Å². The van der Waals surface area contributed by atoms with Gasteiger partial charge in [-0.1, -0.05) is 64.7 Å². The Morgan fingerprint density at radius 1 is 0.903 bits per heavy atom. The number of unbranched alkanes of at least 4 members (excludes halogenated alkanes) is 9. The molecule has 172 valence electrons. The van der Waals surface area contributed by atoms with Crippen molar-refractivity contribution in [3.8, 4) is 0 Å². The number of nitrogens with zero attached hydrogens (tertiary/aromatic N) is 4. The topological polar surface area (TPSA) is 46.0 Å². The molecule has 0 radical (unpaired) electrons. The number of pyridine rings is 1. The summed E-state index contributed by atoms with van der Waals surface area (Å²) in [5.41, 5.74) is 1.24. The monoisotopic (exact) mass is 443 g/mol. The SMILES string of the molecule is CCCCCCCCCCCCNC(=S)N(CCCn1ccnc1)Cc1ccncc1. The summed E-state index contributed by atoms with van der Waals surface area (Å²) in [6.45, 7) is 5.93. The number of hydrogen-bond donors (Lipinski definition) is 1. The molecule has 0 unspecified atom stereocenters. The van der Waals surface area contributed by atoms with Gasteiger partial charge in [0.05, 0.1) is 6.33 Å². The van der Waals surface area contributed by atoms with Crippen molar-refractivity contribution >= 4 is 17.3 Å². The molecule has 0 fully saturated rings. The van der Waals surface area contributed by atoms with E-state index in [1.54, 1.807) is 0 Å². The molecule has 31 heavy (non-hydrogen) atoms. The molecular weight excluding hydrogens is 402 g/mol. The molecule has 0 saturated carbocycles. The molecule has 2 heterocycles. The quantitative estimate of drug-likeness (QED) is 0.241. The maximum Gasteiger partial charge on any atom is 0.169 e. The molecule has 0 aliphatic heterocycles. The second kappa shape index (κ2) is 16.7. The van der Waals surface area contributed by atoms with Crippen molar-refractivity contribution in [1.29, 1.82) is 0 Å². The van der Waals surface area contributed by atoms with Crippen LogP contribution in [0.15, 0.2) is 43.2 Å². The molecule has 5 nitrogen and oxygen atoms in total. The molecular formula is C25H41N5S. The van der Waals surface area contributed by atoms with Gasteiger partial charge in [0, 0.05) is 51.0 Å². The van der Waals surface area contributed by atoms with Gasteiger partial charge in [-0.2, -0.15) is 0 Å². The van der Waals surface area contributed by atoms with Crippen LogP contribution in [0.1, 0.15) is 83.1 Å². The van der Waals surface area contributed by atoms with Gasteiger partial charge in [-0.25, -0.2) is 4.98 Å². The van der Waals surface area contributed by atoms with Crippen LogP contribution < -0.4 is 5.32 Å². The van der Waals surface area contributed by atoms with Crippen LogP contribution in [0.2, 0.25) is 0 Å². The van der Waals surface area contributed by atoms with Gasteiger partial charge in [0.15, 0.2) is 5.11 Å². The Labute approximate surface area is 194 Å². The Morgan fingerprint density at radius 3 is 2.23 bits per heavy atom. The van der Waals surface area contributed by atoms with Crippen molar-refractivity contribution in [2.75, 3.05) is 13.1 Å². The van der Waals surface area contributed by atoms with Crippen LogP contribution in [-0.2, 0) is 13.1 Å². The molecule has 0 aliphatic carbocycles. The van der Waals surface area contributed by atoms with Gasteiger partial charge in [0.2, 0.25) is 0 Å². The molecule has 0 aromatic carbocycles. The lowest BCUT2D eigenvalue weighted by molar-refractivity contribution is 0.384. The fraction of sp³-hybridized carbons (Fsp3) is 0.640. The zero-order chi connectivity index (χ0) is 22.0. The third kappa shape index (κ3) is 11.9. The van der Waals surface area contributed by atoms with Crippen LogP contribution in [0.3, 0.4) is 0 Å². The summed E-state index contributed by atoms with van der Waals surface area (Å²) in [5, 5.41) is 4.35. The summed E-state index contributed by atoms with van der Waals surface area (Å²) >= 11 is 5.74. The molecule has 0 spiro atoms. The number of nitrogens with one attached hydrogen (secondary N) is 1. The van der Waals surface area contributed by atoms with Crippen molar-refractivity contribution in [2.24, 2.45) is 0 Å². The minimum absolute atomic E-state index is 0.816. The second-order valence-corrected chi connectivity index (χ2v) is 8.73. The Kier molecular flexibility index (Phi) is 13.6. The van der Waals surface area contributed by atoms with E-state index in [1.807, 2.05) is 31.1 Å². The molecule has 6 heteroatoms. The van der Waals surface area contributed by atoms with E-state index in [0.29, 0.717) is 0 Å². The standard InChI is InChI=1S/C25H41N5S/c1-2-3-4-5-6-7-8-9-10-11-15-28-25(31)30(22-24-13-16-26-17-14-24)20-12-19-29-21-18-27-23-29/h13-14,16-18,21,23H,2-12,15,19-20,22H2,1H3,(H,28,31). The third-order valence-electron chi connectivity index (χ3n) is 5.62. The molecule has 1 N–H and O–H groups in total. The van der Waals surface area contributed by atoms with Crippen LogP contribution in [0.4, 0.5) is 0 Å². The van der Waals surface area contributed by atoms with Gasteiger partial charge < -0.3 is 14.8 Å². The highest BCUT2D eigenvalue weighted by atomic mass is 32.1. The van der Waals surface area contributed by atoms with E-state index < -0.39 is 0 Å². The smallest absolute Gasteiger partial charge is 0.169 e. The minimum atomic E-state index is 0.816. The van der Waals surface area contributed by atoms with E-state index in [1.165, 1.54) is 69.8 Å². The number of aromatic nitrogens is 3. The summed E-state index contributed by atoms with van der Waals surface area (Å²) in [4.78, 5) is 10.5. The van der Waals surface area contributed by atoms with Crippen molar-refractivity contribution in [1.82, 2.24) is 24.8 Å². The molecule has 0 aliphatic rings. The Balaban J connectivity index is 1.62. The molecule has 0 atom stereocenters. The van der Waals surface area contributed by atoms with Gasteiger partial charge in [-0.15, -0.1) is 0 Å². The highest BCUT2D eigenvalue weighted by Crippen LogP contribution is 2.10. The fourth-order valence-corrected chi connectivity index (χ4v) is 4.00. The predicted molar refractivity (Wildman–Crippen MR) is 134 cm³/mol. The Bertz CT molecular complexity index is 674. The van der Waals surface area contributed by atoms with Crippen LogP contribution in [0, 0.1) is 0 Å². The first kappa shape index (κ1) is 25.3. The Hall–Kier alpha value is -1.95. The summed E-state index contributed by atoms with van der Waals surface area (Å²) in [5.74, 6) is 0. The number of imidazole rings is 1. The van der Waals surface area contributed by atoms with Gasteiger partial charge in [0.1, 0.15) is 0 Å². The molecule has 0 amide bonds. The average Bonchev–Trinajstić information content (AvgIpc) is 3.31. The van der Waals surface area contributed by atoms with Crippen LogP contribution in [0.5, 0.6) is 0 Å². The average molecular weight is 444 g/mol. The molecule has 2 aromatic rings. The van der Waals surface area contributed by atoms with E-state index in [4.69, 9.17) is 12.2 Å². The lowest BCUT2D eigenvalue weighted by atomic mass is 10.1. The second-order valence-electron chi connectivity index (χ2n) is 8.34. The maximum absolute atomic E-state index is 5.74. The fourth-order valence-electron chi connectivity index (χ4n) is 3.74. The van der Waals surface area contributed by atoms with Crippen molar-refractivity contribution in [2.45, 2.75) is 90.6 Å². The summed E-state index contributed by atoms with van der Waals surface area (Å²) < 4.78 is 2.12. The van der Waals surface area contributed by atoms with Crippen molar-refractivity contribution in [3.63, 3.8) is 0 Å². The number of thiocarbonyl (C=S) groups is 1. The van der Waals surface area contributed by atoms with Gasteiger partial charge in [0.25, 0.3) is 0 Å². The predicted octanol–water partition coefficient (Wildman–Crippen LogP) is 5.97. The number of rotatable bonds is 17. The van der Waals surface area contributed by atoms with Gasteiger partial charge >= 0.3 is 0 Å². The lowest BCUT2D eigenvalue weighted by Gasteiger charge is -2.26. The van der Waals surface area contributed by atoms with Crippen molar-refractivity contribution < 1.29 is 0 Å². The zero-order valence-electron chi connectivity index (χ0n) is 19.3. The lowest BCUT2D eigenvalue weighted by Crippen LogP contribution is -2.40. The minimum Gasteiger partial charge on any atom is -0.363 e. The normalized spacial score (nSPS) is 10.9. The summed E-state index contributed by atoms with van der Waals surface area (Å²) in [7, 11) is 0. The number of aryl methyl sites for hydroxylation is 1. The van der Waals surface area contributed by atoms with E-state index in [9.17, 15) is 0 Å². The highest BCUT2D eigenvalue weighted by Gasteiger charge is 2.10. The molecule has 2 aromatic heterocycles. The first-order valence-electron chi connectivity index (χ1n) is 12.2. The first-order chi connectivity index (χ1) is 15.3. The van der Waals surface area contributed by atoms with E-state index in [0.717, 1.165) is 37.7 Å². The maximum atomic E-state index is 5.74. The summed E-state index contributed by atoms with van der Waals surface area (Å²) in [6, 6.07) is 4.13. The third-order valence-corrected chi connectivity index (χ3v) is 6.02. The number of hydrogen-bond acceptors (Lipinski definition) is 3. The van der Waals surface area contributed by atoms with Crippen LogP contribution >= 0.6 is 12.2 Å². The first-order valence-corrected chi connectivity index (χ1v) is 12.6. The zero-order valence-corrected chi connectivity index (χ0v) is 20.2. The van der Waals surface area contributed by atoms with Crippen molar-refractivity contribution in [3.05, 3.63) is 48.8 Å². The molecule has 0 saturated heterocycles. The molecule has 0 bridgehead atoms. The van der Waals surface area contributed by atoms with Crippen LogP contribution in [-0.4, -0.2) is 37.6 Å². The largest absolute Gasteiger partial charge is 0.363 e.